The van der Waals surface area contributed by atoms with Gasteiger partial charge in [-0.3, -0.25) is 9.69 Å². The number of carbonyl (C=O) groups excluding carboxylic acids is 2. The van der Waals surface area contributed by atoms with Crippen molar-refractivity contribution >= 4 is 12.0 Å². The molecule has 1 aromatic carbocycles. The number of benzene rings is 1. The molecule has 2 rings (SSSR count). The third-order valence-electron chi connectivity index (χ3n) is 3.99. The van der Waals surface area contributed by atoms with Crippen LogP contribution < -0.4 is 5.32 Å². The van der Waals surface area contributed by atoms with Crippen molar-refractivity contribution in [1.82, 2.24) is 10.2 Å². The van der Waals surface area contributed by atoms with E-state index in [0.717, 1.165) is 12.0 Å². The number of rotatable bonds is 5. The fourth-order valence-electron chi connectivity index (χ4n) is 2.71. The summed E-state index contributed by atoms with van der Waals surface area (Å²) in [6.07, 6.45) is 1.13. The largest absolute Gasteiger partial charge is 0.449 e. The number of amides is 2. The van der Waals surface area contributed by atoms with Gasteiger partial charge in [-0.1, -0.05) is 44.2 Å². The maximum Gasteiger partial charge on any atom is 0.410 e. The Morgan fingerprint density at radius 1 is 1.26 bits per heavy atom. The van der Waals surface area contributed by atoms with Crippen molar-refractivity contribution in [2.24, 2.45) is 5.92 Å². The van der Waals surface area contributed by atoms with E-state index < -0.39 is 6.04 Å². The van der Waals surface area contributed by atoms with E-state index in [1.54, 1.807) is 4.90 Å². The van der Waals surface area contributed by atoms with E-state index in [-0.39, 0.29) is 24.0 Å². The van der Waals surface area contributed by atoms with Crippen LogP contribution in [-0.4, -0.2) is 36.1 Å². The van der Waals surface area contributed by atoms with Crippen LogP contribution in [-0.2, 0) is 9.53 Å². The Kier molecular flexibility index (Phi) is 6.02. The highest BCUT2D eigenvalue weighted by Crippen LogP contribution is 2.20. The maximum atomic E-state index is 12.5. The molecule has 23 heavy (non-hydrogen) atoms. The third kappa shape index (κ3) is 4.71. The van der Waals surface area contributed by atoms with E-state index >= 15 is 0 Å². The lowest BCUT2D eigenvalue weighted by atomic mass is 10.1. The first-order chi connectivity index (χ1) is 11.0. The summed E-state index contributed by atoms with van der Waals surface area (Å²) >= 11 is 0. The lowest BCUT2D eigenvalue weighted by molar-refractivity contribution is -0.125. The van der Waals surface area contributed by atoms with E-state index in [9.17, 15) is 9.59 Å². The number of hydrogen-bond acceptors (Lipinski definition) is 3. The van der Waals surface area contributed by atoms with E-state index in [1.807, 2.05) is 51.1 Å². The minimum atomic E-state index is -0.430. The van der Waals surface area contributed by atoms with Crippen LogP contribution in [0.3, 0.4) is 0 Å². The Morgan fingerprint density at radius 3 is 2.61 bits per heavy atom. The number of nitrogens with zero attached hydrogens (tertiary/aromatic N) is 1. The van der Waals surface area contributed by atoms with Crippen LogP contribution in [0.5, 0.6) is 0 Å². The molecule has 5 heteroatoms. The first-order valence-corrected chi connectivity index (χ1v) is 8.27. The minimum absolute atomic E-state index is 0.0853. The van der Waals surface area contributed by atoms with E-state index in [2.05, 4.69) is 5.32 Å². The number of nitrogens with one attached hydrogen (secondary N) is 1. The lowest BCUT2D eigenvalue weighted by Gasteiger charge is -2.25. The molecule has 0 aliphatic carbocycles. The zero-order valence-corrected chi connectivity index (χ0v) is 14.1. The topological polar surface area (TPSA) is 58.6 Å². The molecule has 0 bridgehead atoms. The van der Waals surface area contributed by atoms with Gasteiger partial charge in [-0.05, 0) is 31.2 Å². The van der Waals surface area contributed by atoms with Crippen molar-refractivity contribution in [2.75, 3.05) is 13.2 Å². The van der Waals surface area contributed by atoms with Gasteiger partial charge in [0.05, 0.1) is 12.6 Å². The maximum absolute atomic E-state index is 12.5. The molecule has 5 nitrogen and oxygen atoms in total. The zero-order chi connectivity index (χ0) is 16.8. The second kappa shape index (κ2) is 7.99. The molecule has 1 aliphatic heterocycles. The van der Waals surface area contributed by atoms with Gasteiger partial charge in [-0.25, -0.2) is 4.79 Å². The summed E-state index contributed by atoms with van der Waals surface area (Å²) in [4.78, 5) is 26.2. The highest BCUT2D eigenvalue weighted by molar-refractivity contribution is 5.86. The quantitative estimate of drug-likeness (QED) is 0.907. The van der Waals surface area contributed by atoms with Crippen molar-refractivity contribution in [3.05, 3.63) is 35.9 Å². The van der Waals surface area contributed by atoms with Crippen LogP contribution in [0.25, 0.3) is 0 Å². The normalized spacial score (nSPS) is 18.8. The van der Waals surface area contributed by atoms with Crippen LogP contribution in [0.1, 0.15) is 45.2 Å². The molecule has 1 N–H and O–H groups in total. The highest BCUT2D eigenvalue weighted by Gasteiger charge is 2.35. The molecular weight excluding hydrogens is 292 g/mol. The van der Waals surface area contributed by atoms with Crippen LogP contribution in [0.2, 0.25) is 0 Å². The van der Waals surface area contributed by atoms with Crippen molar-refractivity contribution in [3.63, 3.8) is 0 Å². The molecule has 1 fully saturated rings. The van der Waals surface area contributed by atoms with Gasteiger partial charge in [0.25, 0.3) is 0 Å². The van der Waals surface area contributed by atoms with E-state index in [1.165, 1.54) is 0 Å². The molecule has 0 saturated carbocycles. The SMILES string of the molecule is CC(C)COC(=O)N1CCC[C@@H]1C(=O)N[C@@H](C)c1ccccc1. The summed E-state index contributed by atoms with van der Waals surface area (Å²) in [5.74, 6) is 0.173. The molecule has 1 aliphatic rings. The van der Waals surface area contributed by atoms with Crippen molar-refractivity contribution in [2.45, 2.75) is 45.7 Å². The molecule has 0 unspecified atom stereocenters. The summed E-state index contributed by atoms with van der Waals surface area (Å²) in [5, 5.41) is 3.00. The van der Waals surface area contributed by atoms with Crippen LogP contribution in [0.4, 0.5) is 4.79 Å². The van der Waals surface area contributed by atoms with Gasteiger partial charge in [0, 0.05) is 6.54 Å². The van der Waals surface area contributed by atoms with Gasteiger partial charge in [0.1, 0.15) is 6.04 Å². The molecule has 126 valence electrons. The fraction of sp³-hybridized carbons (Fsp3) is 0.556. The Labute approximate surface area is 138 Å². The van der Waals surface area contributed by atoms with Gasteiger partial charge in [0.15, 0.2) is 0 Å². The lowest BCUT2D eigenvalue weighted by Crippen LogP contribution is -2.46. The van der Waals surface area contributed by atoms with E-state index in [4.69, 9.17) is 4.74 Å². The molecule has 0 spiro atoms. The molecular formula is C18H26N2O3. The molecule has 1 saturated heterocycles. The average molecular weight is 318 g/mol. The number of likely N-dealkylation sites (tertiary alicyclic amines) is 1. The molecule has 0 aromatic heterocycles. The predicted molar refractivity (Wildman–Crippen MR) is 88.9 cm³/mol. The zero-order valence-electron chi connectivity index (χ0n) is 14.1. The van der Waals surface area contributed by atoms with Crippen molar-refractivity contribution in [3.8, 4) is 0 Å². The Hall–Kier alpha value is -2.04. The third-order valence-corrected chi connectivity index (χ3v) is 3.99. The van der Waals surface area contributed by atoms with Gasteiger partial charge in [-0.2, -0.15) is 0 Å². The Bertz CT molecular complexity index is 530. The van der Waals surface area contributed by atoms with E-state index in [0.29, 0.717) is 19.6 Å². The van der Waals surface area contributed by atoms with Crippen molar-refractivity contribution in [1.29, 1.82) is 0 Å². The molecule has 0 radical (unpaired) electrons. The second-order valence-corrected chi connectivity index (χ2v) is 6.46. The summed E-state index contributed by atoms with van der Waals surface area (Å²) in [6.45, 7) is 6.88. The second-order valence-electron chi connectivity index (χ2n) is 6.46. The van der Waals surface area contributed by atoms with Crippen molar-refractivity contribution < 1.29 is 14.3 Å². The Balaban J connectivity index is 1.93. The standard InChI is InChI=1S/C18H26N2O3/c1-13(2)12-23-18(22)20-11-7-10-16(20)17(21)19-14(3)15-8-5-4-6-9-15/h4-6,8-9,13-14,16H,7,10-12H2,1-3H3,(H,19,21)/t14-,16+/m0/s1. The predicted octanol–water partition coefficient (Wildman–Crippen LogP) is 3.12. The first-order valence-electron chi connectivity index (χ1n) is 8.27. The van der Waals surface area contributed by atoms with Gasteiger partial charge < -0.3 is 10.1 Å². The molecule has 2 amide bonds. The molecule has 2 atom stereocenters. The number of carbonyl (C=O) groups is 2. The van der Waals surface area contributed by atoms with Gasteiger partial charge in [0.2, 0.25) is 5.91 Å². The monoisotopic (exact) mass is 318 g/mol. The summed E-state index contributed by atoms with van der Waals surface area (Å²) in [5.41, 5.74) is 1.05. The number of hydrogen-bond donors (Lipinski definition) is 1. The smallest absolute Gasteiger partial charge is 0.410 e. The van der Waals surface area contributed by atoms with Crippen LogP contribution in [0.15, 0.2) is 30.3 Å². The summed E-state index contributed by atoms with van der Waals surface area (Å²) < 4.78 is 5.26. The molecule has 1 aromatic rings. The van der Waals surface area contributed by atoms with Gasteiger partial charge >= 0.3 is 6.09 Å². The van der Waals surface area contributed by atoms with Crippen LogP contribution in [0, 0.1) is 5.92 Å². The Morgan fingerprint density at radius 2 is 1.96 bits per heavy atom. The summed E-state index contributed by atoms with van der Waals surface area (Å²) in [6, 6.07) is 9.29. The average Bonchev–Trinajstić information content (AvgIpc) is 3.03. The van der Waals surface area contributed by atoms with Crippen LogP contribution >= 0.6 is 0 Å². The highest BCUT2D eigenvalue weighted by atomic mass is 16.6. The minimum Gasteiger partial charge on any atom is -0.449 e. The van der Waals surface area contributed by atoms with Gasteiger partial charge in [-0.15, -0.1) is 0 Å². The summed E-state index contributed by atoms with van der Waals surface area (Å²) in [7, 11) is 0. The molecule has 1 heterocycles. The number of ether oxygens (including phenoxy) is 1. The first kappa shape index (κ1) is 17.3. The fourth-order valence-corrected chi connectivity index (χ4v) is 2.71.